The fraction of sp³-hybridized carbons (Fsp3) is 0.533. The van der Waals surface area contributed by atoms with Crippen LogP contribution in [0, 0.1) is 0 Å². The molecule has 1 fully saturated rings. The van der Waals surface area contributed by atoms with Crippen LogP contribution in [0.3, 0.4) is 0 Å². The number of para-hydroxylation sites is 1. The lowest BCUT2D eigenvalue weighted by Crippen LogP contribution is -2.37. The van der Waals surface area contributed by atoms with Crippen LogP contribution >= 0.6 is 0 Å². The molecular formula is C15H22N2O3. The first kappa shape index (κ1) is 14.8. The van der Waals surface area contributed by atoms with Gasteiger partial charge in [-0.15, -0.1) is 0 Å². The van der Waals surface area contributed by atoms with E-state index in [0.717, 1.165) is 37.2 Å². The second kappa shape index (κ2) is 7.26. The molecule has 5 nitrogen and oxygen atoms in total. The first-order chi connectivity index (χ1) is 9.69. The molecule has 0 aliphatic carbocycles. The van der Waals surface area contributed by atoms with Gasteiger partial charge in [0.1, 0.15) is 5.75 Å². The number of amides is 1. The van der Waals surface area contributed by atoms with Crippen molar-refractivity contribution in [3.8, 4) is 5.75 Å². The van der Waals surface area contributed by atoms with E-state index in [1.165, 1.54) is 0 Å². The highest BCUT2D eigenvalue weighted by molar-refractivity contribution is 5.77. The smallest absolute Gasteiger partial charge is 0.257 e. The Morgan fingerprint density at radius 3 is 3.05 bits per heavy atom. The van der Waals surface area contributed by atoms with E-state index in [2.05, 4.69) is 10.2 Å². The molecule has 1 atom stereocenters. The van der Waals surface area contributed by atoms with Crippen LogP contribution in [-0.2, 0) is 11.3 Å². The maximum Gasteiger partial charge on any atom is 0.257 e. The molecule has 0 saturated carbocycles. The molecule has 1 heterocycles. The number of ether oxygens (including phenoxy) is 1. The number of aliphatic hydroxyl groups excluding tert-OH is 1. The van der Waals surface area contributed by atoms with Gasteiger partial charge in [0.2, 0.25) is 0 Å². The van der Waals surface area contributed by atoms with E-state index in [4.69, 9.17) is 4.74 Å². The van der Waals surface area contributed by atoms with Crippen LogP contribution in [0.1, 0.15) is 18.4 Å². The molecule has 110 valence electrons. The minimum Gasteiger partial charge on any atom is -0.483 e. The van der Waals surface area contributed by atoms with Crippen LogP contribution in [0.15, 0.2) is 24.3 Å². The molecule has 0 radical (unpaired) electrons. The third-order valence-corrected chi connectivity index (χ3v) is 3.48. The van der Waals surface area contributed by atoms with E-state index in [0.29, 0.717) is 6.54 Å². The highest BCUT2D eigenvalue weighted by Crippen LogP contribution is 2.21. The maximum atomic E-state index is 11.2. The molecule has 0 spiro atoms. The molecule has 5 heteroatoms. The number of likely N-dealkylation sites (tertiary alicyclic amines) is 1. The van der Waals surface area contributed by atoms with Gasteiger partial charge in [-0.05, 0) is 25.5 Å². The van der Waals surface area contributed by atoms with Crippen molar-refractivity contribution in [1.82, 2.24) is 10.2 Å². The van der Waals surface area contributed by atoms with E-state index >= 15 is 0 Å². The lowest BCUT2D eigenvalue weighted by Gasteiger charge is -2.30. The van der Waals surface area contributed by atoms with Crippen molar-refractivity contribution in [2.75, 3.05) is 26.7 Å². The van der Waals surface area contributed by atoms with Gasteiger partial charge in [-0.3, -0.25) is 9.69 Å². The summed E-state index contributed by atoms with van der Waals surface area (Å²) < 4.78 is 5.56. The van der Waals surface area contributed by atoms with E-state index in [1.807, 2.05) is 24.3 Å². The van der Waals surface area contributed by atoms with Gasteiger partial charge in [-0.25, -0.2) is 0 Å². The highest BCUT2D eigenvalue weighted by atomic mass is 16.5. The van der Waals surface area contributed by atoms with Gasteiger partial charge in [0.15, 0.2) is 6.61 Å². The zero-order valence-corrected chi connectivity index (χ0v) is 11.8. The Morgan fingerprint density at radius 1 is 1.50 bits per heavy atom. The summed E-state index contributed by atoms with van der Waals surface area (Å²) in [5.74, 6) is 0.587. The Morgan fingerprint density at radius 2 is 2.30 bits per heavy atom. The van der Waals surface area contributed by atoms with Gasteiger partial charge < -0.3 is 15.2 Å². The SMILES string of the molecule is CNC(=O)COc1ccccc1CN1CCCC(O)C1. The molecular weight excluding hydrogens is 256 g/mol. The maximum absolute atomic E-state index is 11.2. The fourth-order valence-corrected chi connectivity index (χ4v) is 2.41. The Balaban J connectivity index is 1.98. The molecule has 1 aromatic rings. The van der Waals surface area contributed by atoms with Gasteiger partial charge in [0.25, 0.3) is 5.91 Å². The second-order valence-electron chi connectivity index (χ2n) is 5.10. The molecule has 2 rings (SSSR count). The molecule has 0 bridgehead atoms. The van der Waals surface area contributed by atoms with Gasteiger partial charge in [0, 0.05) is 25.7 Å². The monoisotopic (exact) mass is 278 g/mol. The number of piperidine rings is 1. The van der Waals surface area contributed by atoms with Gasteiger partial charge in [-0.1, -0.05) is 18.2 Å². The van der Waals surface area contributed by atoms with Gasteiger partial charge in [-0.2, -0.15) is 0 Å². The zero-order chi connectivity index (χ0) is 14.4. The Kier molecular flexibility index (Phi) is 5.38. The number of nitrogens with zero attached hydrogens (tertiary/aromatic N) is 1. The normalized spacial score (nSPS) is 19.6. The minimum atomic E-state index is -0.234. The molecule has 20 heavy (non-hydrogen) atoms. The van der Waals surface area contributed by atoms with Gasteiger partial charge in [0.05, 0.1) is 6.10 Å². The lowest BCUT2D eigenvalue weighted by atomic mass is 10.1. The fourth-order valence-electron chi connectivity index (χ4n) is 2.41. The zero-order valence-electron chi connectivity index (χ0n) is 11.8. The van der Waals surface area contributed by atoms with Gasteiger partial charge >= 0.3 is 0 Å². The summed E-state index contributed by atoms with van der Waals surface area (Å²) in [5, 5.41) is 12.2. The number of benzene rings is 1. The molecule has 1 aromatic carbocycles. The van der Waals surface area contributed by atoms with Crippen molar-refractivity contribution in [2.45, 2.75) is 25.5 Å². The third-order valence-electron chi connectivity index (χ3n) is 3.48. The number of carbonyl (C=O) groups excluding carboxylic acids is 1. The van der Waals surface area contributed by atoms with Crippen molar-refractivity contribution >= 4 is 5.91 Å². The molecule has 1 unspecified atom stereocenters. The average molecular weight is 278 g/mol. The van der Waals surface area contributed by atoms with Crippen molar-refractivity contribution in [2.24, 2.45) is 0 Å². The molecule has 0 aromatic heterocycles. The molecule has 1 saturated heterocycles. The van der Waals surface area contributed by atoms with E-state index in [1.54, 1.807) is 7.05 Å². The molecule has 1 aliphatic heterocycles. The van der Waals surface area contributed by atoms with Crippen LogP contribution in [0.25, 0.3) is 0 Å². The standard InChI is InChI=1S/C15H22N2O3/c1-16-15(19)11-20-14-7-3-2-5-12(14)9-17-8-4-6-13(18)10-17/h2-3,5,7,13,18H,4,6,8-11H2,1H3,(H,16,19). The number of carbonyl (C=O) groups is 1. The molecule has 1 amide bonds. The number of nitrogens with one attached hydrogen (secondary N) is 1. The minimum absolute atomic E-state index is 0.0239. The summed E-state index contributed by atoms with van der Waals surface area (Å²) in [6.07, 6.45) is 1.66. The Labute approximate surface area is 119 Å². The summed E-state index contributed by atoms with van der Waals surface area (Å²) in [7, 11) is 1.59. The van der Waals surface area contributed by atoms with Crippen molar-refractivity contribution in [3.05, 3.63) is 29.8 Å². The predicted octanol–water partition coefficient (Wildman–Crippen LogP) is 0.768. The highest BCUT2D eigenvalue weighted by Gasteiger charge is 2.18. The van der Waals surface area contributed by atoms with Crippen molar-refractivity contribution in [1.29, 1.82) is 0 Å². The average Bonchev–Trinajstić information content (AvgIpc) is 2.46. The van der Waals surface area contributed by atoms with Crippen molar-refractivity contribution < 1.29 is 14.6 Å². The molecule has 2 N–H and O–H groups in total. The summed E-state index contributed by atoms with van der Waals surface area (Å²) in [6, 6.07) is 7.73. The summed E-state index contributed by atoms with van der Waals surface area (Å²) in [6.45, 7) is 2.45. The summed E-state index contributed by atoms with van der Waals surface area (Å²) >= 11 is 0. The van der Waals surface area contributed by atoms with Crippen LogP contribution in [-0.4, -0.2) is 48.8 Å². The van der Waals surface area contributed by atoms with Crippen LogP contribution in [0.5, 0.6) is 5.75 Å². The Bertz CT molecular complexity index is 450. The second-order valence-corrected chi connectivity index (χ2v) is 5.10. The van der Waals surface area contributed by atoms with E-state index in [-0.39, 0.29) is 18.6 Å². The largest absolute Gasteiger partial charge is 0.483 e. The summed E-state index contributed by atoms with van der Waals surface area (Å²) in [5.41, 5.74) is 1.05. The third kappa shape index (κ3) is 4.21. The number of hydrogen-bond acceptors (Lipinski definition) is 4. The van der Waals surface area contributed by atoms with Crippen LogP contribution < -0.4 is 10.1 Å². The number of rotatable bonds is 5. The first-order valence-corrected chi connectivity index (χ1v) is 7.00. The quantitative estimate of drug-likeness (QED) is 0.835. The van der Waals surface area contributed by atoms with Crippen molar-refractivity contribution in [3.63, 3.8) is 0 Å². The number of hydrogen-bond donors (Lipinski definition) is 2. The number of β-amino-alcohol motifs (C(OH)–C–C–N with tert-alkyl or cyclic N) is 1. The van der Waals surface area contributed by atoms with E-state index in [9.17, 15) is 9.90 Å². The van der Waals surface area contributed by atoms with Crippen LogP contribution in [0.2, 0.25) is 0 Å². The molecule has 1 aliphatic rings. The first-order valence-electron chi connectivity index (χ1n) is 7.00. The van der Waals surface area contributed by atoms with Crippen LogP contribution in [0.4, 0.5) is 0 Å². The number of likely N-dealkylation sites (N-methyl/N-ethyl adjacent to an activating group) is 1. The number of aliphatic hydroxyl groups is 1. The van der Waals surface area contributed by atoms with E-state index < -0.39 is 0 Å². The predicted molar refractivity (Wildman–Crippen MR) is 76.5 cm³/mol. The lowest BCUT2D eigenvalue weighted by molar-refractivity contribution is -0.122. The topological polar surface area (TPSA) is 61.8 Å². The Hall–Kier alpha value is -1.59. The summed E-state index contributed by atoms with van der Waals surface area (Å²) in [4.78, 5) is 13.5.